The second-order valence-electron chi connectivity index (χ2n) is 6.16. The second-order valence-corrected chi connectivity index (χ2v) is 6.16. The van der Waals surface area contributed by atoms with Gasteiger partial charge in [-0.1, -0.05) is 18.2 Å². The minimum atomic E-state index is -0.545. The van der Waals surface area contributed by atoms with Gasteiger partial charge in [-0.05, 0) is 43.2 Å². The number of amides is 1. The Balaban J connectivity index is 1.63. The molecule has 1 heterocycles. The molecule has 0 aromatic heterocycles. The average molecular weight is 369 g/mol. The number of rotatable bonds is 7. The van der Waals surface area contributed by atoms with Gasteiger partial charge in [0.1, 0.15) is 5.75 Å². The van der Waals surface area contributed by atoms with E-state index >= 15 is 0 Å². The lowest BCUT2D eigenvalue weighted by Gasteiger charge is -2.17. The highest BCUT2D eigenvalue weighted by molar-refractivity contribution is 5.98. The molecular weight excluding hydrogens is 346 g/mol. The molecule has 0 saturated heterocycles. The molecule has 3 rings (SSSR count). The first-order chi connectivity index (χ1) is 13.1. The summed E-state index contributed by atoms with van der Waals surface area (Å²) in [5.41, 5.74) is 3.14. The third-order valence-corrected chi connectivity index (χ3v) is 4.49. The minimum absolute atomic E-state index is 0.226. The van der Waals surface area contributed by atoms with Gasteiger partial charge in [-0.2, -0.15) is 0 Å². The first kappa shape index (κ1) is 18.9. The number of methoxy groups -OCH3 is 1. The van der Waals surface area contributed by atoms with Crippen LogP contribution in [0, 0.1) is 0 Å². The number of hydrogen-bond acceptors (Lipinski definition) is 5. The highest BCUT2D eigenvalue weighted by Crippen LogP contribution is 2.27. The van der Waals surface area contributed by atoms with E-state index < -0.39 is 5.97 Å². The van der Waals surface area contributed by atoms with Crippen LogP contribution in [0.3, 0.4) is 0 Å². The maximum absolute atomic E-state index is 12.5. The van der Waals surface area contributed by atoms with E-state index in [4.69, 9.17) is 14.2 Å². The highest BCUT2D eigenvalue weighted by Gasteiger charge is 2.25. The van der Waals surface area contributed by atoms with Crippen LogP contribution in [0.2, 0.25) is 0 Å². The van der Waals surface area contributed by atoms with E-state index in [1.54, 1.807) is 30.2 Å². The monoisotopic (exact) mass is 369 g/mol. The molecule has 0 fully saturated rings. The number of esters is 1. The fourth-order valence-corrected chi connectivity index (χ4v) is 3.12. The molecule has 6 heteroatoms. The van der Waals surface area contributed by atoms with Gasteiger partial charge in [-0.3, -0.25) is 4.79 Å². The smallest absolute Gasteiger partial charge is 0.338 e. The summed E-state index contributed by atoms with van der Waals surface area (Å²) in [5.74, 6) is -0.127. The van der Waals surface area contributed by atoms with Crippen molar-refractivity contribution in [2.45, 2.75) is 20.0 Å². The van der Waals surface area contributed by atoms with Crippen LogP contribution >= 0.6 is 0 Å². The molecule has 1 amide bonds. The maximum Gasteiger partial charge on any atom is 0.338 e. The number of anilines is 1. The van der Waals surface area contributed by atoms with Crippen molar-refractivity contribution in [3.63, 3.8) is 0 Å². The Morgan fingerprint density at radius 1 is 1.15 bits per heavy atom. The number of para-hydroxylation sites is 1. The summed E-state index contributed by atoms with van der Waals surface area (Å²) in [6.07, 6.45) is 0.815. The van der Waals surface area contributed by atoms with Crippen LogP contribution in [0.25, 0.3) is 0 Å². The van der Waals surface area contributed by atoms with Gasteiger partial charge in [-0.25, -0.2) is 4.79 Å². The van der Waals surface area contributed by atoms with Gasteiger partial charge in [0.15, 0.2) is 6.61 Å². The molecule has 0 N–H and O–H groups in total. The van der Waals surface area contributed by atoms with Crippen molar-refractivity contribution >= 4 is 17.6 Å². The zero-order valence-corrected chi connectivity index (χ0v) is 15.6. The Morgan fingerprint density at radius 2 is 1.96 bits per heavy atom. The minimum Gasteiger partial charge on any atom is -0.496 e. The molecule has 1 aliphatic rings. The quantitative estimate of drug-likeness (QED) is 0.702. The van der Waals surface area contributed by atoms with Gasteiger partial charge < -0.3 is 19.1 Å². The Kier molecular flexibility index (Phi) is 6.08. The Labute approximate surface area is 158 Å². The SMILES string of the molecule is CCOCc1cc(C(=O)OCC(=O)N2CCc3ccccc32)ccc1OC. The summed E-state index contributed by atoms with van der Waals surface area (Å²) in [7, 11) is 1.56. The van der Waals surface area contributed by atoms with Crippen molar-refractivity contribution in [2.75, 3.05) is 31.8 Å². The molecule has 0 saturated carbocycles. The van der Waals surface area contributed by atoms with Crippen molar-refractivity contribution in [3.05, 3.63) is 59.2 Å². The molecule has 0 atom stereocenters. The Hall–Kier alpha value is -2.86. The van der Waals surface area contributed by atoms with Gasteiger partial charge in [0.25, 0.3) is 5.91 Å². The summed E-state index contributed by atoms with van der Waals surface area (Å²) in [5, 5.41) is 0. The van der Waals surface area contributed by atoms with E-state index in [0.29, 0.717) is 31.1 Å². The number of ether oxygens (including phenoxy) is 3. The first-order valence-electron chi connectivity index (χ1n) is 8.94. The zero-order valence-electron chi connectivity index (χ0n) is 15.6. The maximum atomic E-state index is 12.5. The largest absolute Gasteiger partial charge is 0.496 e. The van der Waals surface area contributed by atoms with Crippen molar-refractivity contribution in [2.24, 2.45) is 0 Å². The number of carbonyl (C=O) groups is 2. The first-order valence-corrected chi connectivity index (χ1v) is 8.94. The summed E-state index contributed by atoms with van der Waals surface area (Å²) in [6.45, 7) is 3.11. The van der Waals surface area contributed by atoms with Gasteiger partial charge in [0.05, 0.1) is 19.3 Å². The van der Waals surface area contributed by atoms with Crippen LogP contribution in [0.1, 0.15) is 28.4 Å². The van der Waals surface area contributed by atoms with E-state index in [1.807, 2.05) is 31.2 Å². The molecule has 1 aliphatic heterocycles. The summed E-state index contributed by atoms with van der Waals surface area (Å²) in [6, 6.07) is 12.8. The molecule has 27 heavy (non-hydrogen) atoms. The third-order valence-electron chi connectivity index (χ3n) is 4.49. The van der Waals surface area contributed by atoms with Crippen molar-refractivity contribution in [1.82, 2.24) is 0 Å². The normalized spacial score (nSPS) is 12.6. The van der Waals surface area contributed by atoms with Crippen LogP contribution in [-0.4, -0.2) is 38.7 Å². The topological polar surface area (TPSA) is 65.1 Å². The van der Waals surface area contributed by atoms with Gasteiger partial charge in [-0.15, -0.1) is 0 Å². The third kappa shape index (κ3) is 4.28. The van der Waals surface area contributed by atoms with Crippen molar-refractivity contribution < 1.29 is 23.8 Å². The predicted octanol–water partition coefficient (Wildman–Crippen LogP) is 2.98. The van der Waals surface area contributed by atoms with E-state index in [9.17, 15) is 9.59 Å². The second kappa shape index (κ2) is 8.68. The number of benzene rings is 2. The van der Waals surface area contributed by atoms with Gasteiger partial charge >= 0.3 is 5.97 Å². The molecular formula is C21H23NO5. The number of carbonyl (C=O) groups excluding carboxylic acids is 2. The number of hydrogen-bond donors (Lipinski definition) is 0. The van der Waals surface area contributed by atoms with Crippen LogP contribution in [-0.2, 0) is 27.3 Å². The molecule has 142 valence electrons. The van der Waals surface area contributed by atoms with Gasteiger partial charge in [0.2, 0.25) is 0 Å². The molecule has 2 aromatic rings. The van der Waals surface area contributed by atoms with Crippen molar-refractivity contribution in [3.8, 4) is 5.75 Å². The van der Waals surface area contributed by atoms with Crippen LogP contribution in [0.4, 0.5) is 5.69 Å². The fourth-order valence-electron chi connectivity index (χ4n) is 3.12. The lowest BCUT2D eigenvalue weighted by atomic mass is 10.1. The summed E-state index contributed by atoms with van der Waals surface area (Å²) in [4.78, 5) is 26.5. The molecule has 0 spiro atoms. The zero-order chi connectivity index (χ0) is 19.2. The van der Waals surface area contributed by atoms with Crippen LogP contribution in [0.15, 0.2) is 42.5 Å². The predicted molar refractivity (Wildman–Crippen MR) is 101 cm³/mol. The van der Waals surface area contributed by atoms with Crippen LogP contribution < -0.4 is 9.64 Å². The summed E-state index contributed by atoms with van der Waals surface area (Å²) >= 11 is 0. The molecule has 0 bridgehead atoms. The molecule has 2 aromatic carbocycles. The molecule has 0 unspecified atom stereocenters. The van der Waals surface area contributed by atoms with E-state index in [2.05, 4.69) is 0 Å². The molecule has 0 aliphatic carbocycles. The molecule has 0 radical (unpaired) electrons. The number of nitrogens with zero attached hydrogens (tertiary/aromatic N) is 1. The number of fused-ring (bicyclic) bond motifs is 1. The fraction of sp³-hybridized carbons (Fsp3) is 0.333. The Bertz CT molecular complexity index is 833. The standard InChI is InChI=1S/C21H23NO5/c1-3-26-13-17-12-16(8-9-19(17)25-2)21(24)27-14-20(23)22-11-10-15-6-4-5-7-18(15)22/h4-9,12H,3,10-11,13-14H2,1-2H3. The lowest BCUT2D eigenvalue weighted by Crippen LogP contribution is -2.33. The summed E-state index contributed by atoms with van der Waals surface area (Å²) < 4.78 is 15.9. The average Bonchev–Trinajstić information content (AvgIpc) is 3.14. The van der Waals surface area contributed by atoms with Gasteiger partial charge in [0, 0.05) is 24.4 Å². The van der Waals surface area contributed by atoms with E-state index in [1.165, 1.54) is 0 Å². The highest BCUT2D eigenvalue weighted by atomic mass is 16.5. The van der Waals surface area contributed by atoms with Crippen molar-refractivity contribution in [1.29, 1.82) is 0 Å². The Morgan fingerprint density at radius 3 is 2.74 bits per heavy atom. The van der Waals surface area contributed by atoms with E-state index in [-0.39, 0.29) is 12.5 Å². The lowest BCUT2D eigenvalue weighted by molar-refractivity contribution is -0.121. The van der Waals surface area contributed by atoms with Crippen LogP contribution in [0.5, 0.6) is 5.75 Å². The molecule has 6 nitrogen and oxygen atoms in total. The van der Waals surface area contributed by atoms with E-state index in [0.717, 1.165) is 23.2 Å².